The summed E-state index contributed by atoms with van der Waals surface area (Å²) in [7, 11) is 3.25. The molecule has 0 saturated carbocycles. The van der Waals surface area contributed by atoms with Gasteiger partial charge in [-0.2, -0.15) is 0 Å². The van der Waals surface area contributed by atoms with Crippen molar-refractivity contribution >= 4 is 5.91 Å². The summed E-state index contributed by atoms with van der Waals surface area (Å²) in [5.41, 5.74) is 10.1. The number of carbonyl (C=O) groups is 1. The summed E-state index contributed by atoms with van der Waals surface area (Å²) in [5.74, 6) is 0.715. The van der Waals surface area contributed by atoms with Gasteiger partial charge in [0.2, 0.25) is 5.91 Å². The molecule has 172 valence electrons. The van der Waals surface area contributed by atoms with Gasteiger partial charge in [0.15, 0.2) is 11.5 Å². The minimum atomic E-state index is -0.550. The van der Waals surface area contributed by atoms with Gasteiger partial charge in [0.1, 0.15) is 11.9 Å². The van der Waals surface area contributed by atoms with E-state index >= 15 is 0 Å². The average molecular weight is 449 g/mol. The molecular formula is C27H29FN2O3. The zero-order valence-corrected chi connectivity index (χ0v) is 19.0. The van der Waals surface area contributed by atoms with E-state index in [0.717, 1.165) is 36.0 Å². The Bertz CT molecular complexity index is 1100. The van der Waals surface area contributed by atoms with Gasteiger partial charge in [0, 0.05) is 12.6 Å². The van der Waals surface area contributed by atoms with Crippen molar-refractivity contribution in [3.8, 4) is 11.5 Å². The minimum Gasteiger partial charge on any atom is -0.493 e. The lowest BCUT2D eigenvalue weighted by atomic mass is 9.86. The van der Waals surface area contributed by atoms with Gasteiger partial charge < -0.3 is 15.2 Å². The fourth-order valence-electron chi connectivity index (χ4n) is 4.79. The second-order valence-corrected chi connectivity index (χ2v) is 8.29. The molecule has 0 saturated heterocycles. The highest BCUT2D eigenvalue weighted by Gasteiger charge is 2.36. The smallest absolute Gasteiger partial charge is 0.239 e. The van der Waals surface area contributed by atoms with Crippen molar-refractivity contribution in [1.29, 1.82) is 0 Å². The summed E-state index contributed by atoms with van der Waals surface area (Å²) in [6.45, 7) is 0.680. The van der Waals surface area contributed by atoms with Crippen molar-refractivity contribution in [2.45, 2.75) is 31.3 Å². The van der Waals surface area contributed by atoms with Gasteiger partial charge in [-0.25, -0.2) is 4.39 Å². The maximum Gasteiger partial charge on any atom is 0.239 e. The van der Waals surface area contributed by atoms with Crippen molar-refractivity contribution in [2.75, 3.05) is 20.8 Å². The summed E-state index contributed by atoms with van der Waals surface area (Å²) >= 11 is 0. The summed E-state index contributed by atoms with van der Waals surface area (Å²) in [5, 5.41) is 0. The van der Waals surface area contributed by atoms with E-state index in [2.05, 4.69) is 4.90 Å². The number of fused-ring (bicyclic) bond motifs is 1. The maximum atomic E-state index is 13.4. The molecular weight excluding hydrogens is 419 g/mol. The molecule has 33 heavy (non-hydrogen) atoms. The highest BCUT2D eigenvalue weighted by molar-refractivity contribution is 5.81. The predicted octanol–water partition coefficient (Wildman–Crippen LogP) is 4.60. The van der Waals surface area contributed by atoms with Gasteiger partial charge in [-0.3, -0.25) is 9.69 Å². The highest BCUT2D eigenvalue weighted by Crippen LogP contribution is 2.43. The Morgan fingerprint density at radius 3 is 2.36 bits per heavy atom. The molecule has 0 radical (unpaired) electrons. The van der Waals surface area contributed by atoms with Gasteiger partial charge in [0.25, 0.3) is 0 Å². The van der Waals surface area contributed by atoms with Crippen LogP contribution in [0.3, 0.4) is 0 Å². The Morgan fingerprint density at radius 1 is 1.06 bits per heavy atom. The molecule has 3 aromatic rings. The van der Waals surface area contributed by atoms with Crippen LogP contribution >= 0.6 is 0 Å². The number of nitrogens with zero attached hydrogens (tertiary/aromatic N) is 1. The number of nitrogens with two attached hydrogens (primary N) is 1. The molecule has 0 bridgehead atoms. The lowest BCUT2D eigenvalue weighted by Crippen LogP contribution is -2.44. The van der Waals surface area contributed by atoms with Crippen LogP contribution in [0.2, 0.25) is 0 Å². The molecule has 2 unspecified atom stereocenters. The van der Waals surface area contributed by atoms with Gasteiger partial charge in [-0.1, -0.05) is 42.5 Å². The third-order valence-corrected chi connectivity index (χ3v) is 6.38. The first-order valence-corrected chi connectivity index (χ1v) is 11.1. The van der Waals surface area contributed by atoms with E-state index in [4.69, 9.17) is 15.2 Å². The first-order chi connectivity index (χ1) is 16.0. The fourth-order valence-corrected chi connectivity index (χ4v) is 4.79. The van der Waals surface area contributed by atoms with Crippen molar-refractivity contribution in [2.24, 2.45) is 5.73 Å². The molecule has 4 rings (SSSR count). The summed E-state index contributed by atoms with van der Waals surface area (Å²) in [6.07, 6.45) is 2.24. The topological polar surface area (TPSA) is 64.8 Å². The first kappa shape index (κ1) is 22.8. The van der Waals surface area contributed by atoms with Gasteiger partial charge in [-0.15, -0.1) is 0 Å². The van der Waals surface area contributed by atoms with Crippen LogP contribution in [0.1, 0.15) is 40.8 Å². The van der Waals surface area contributed by atoms with E-state index in [9.17, 15) is 9.18 Å². The molecule has 1 aliphatic heterocycles. The quantitative estimate of drug-likeness (QED) is 0.547. The normalized spacial score (nSPS) is 16.6. The van der Waals surface area contributed by atoms with E-state index < -0.39 is 6.04 Å². The molecule has 0 aromatic heterocycles. The molecule has 1 aliphatic rings. The van der Waals surface area contributed by atoms with Crippen LogP contribution in [-0.2, 0) is 17.6 Å². The van der Waals surface area contributed by atoms with E-state index in [1.165, 1.54) is 17.7 Å². The number of hydrogen-bond donors (Lipinski definition) is 1. The number of rotatable bonds is 8. The molecule has 5 nitrogen and oxygen atoms in total. The van der Waals surface area contributed by atoms with E-state index in [1.807, 2.05) is 42.5 Å². The molecule has 2 atom stereocenters. The van der Waals surface area contributed by atoms with Crippen LogP contribution in [0.5, 0.6) is 11.5 Å². The SMILES string of the molecule is COc1cc2c(cc1OC)C(CCc1ccc(F)cc1)N(C(C(N)=O)c1ccccc1)CC2. The Hall–Kier alpha value is -3.38. The summed E-state index contributed by atoms with van der Waals surface area (Å²) in [4.78, 5) is 14.9. The van der Waals surface area contributed by atoms with Crippen LogP contribution < -0.4 is 15.2 Å². The zero-order chi connectivity index (χ0) is 23.4. The molecule has 1 amide bonds. The second kappa shape index (κ2) is 10.0. The van der Waals surface area contributed by atoms with Gasteiger partial charge in [-0.05, 0) is 65.8 Å². The Balaban J connectivity index is 1.75. The van der Waals surface area contributed by atoms with Crippen LogP contribution in [0.4, 0.5) is 4.39 Å². The minimum absolute atomic E-state index is 0.0729. The van der Waals surface area contributed by atoms with E-state index in [-0.39, 0.29) is 17.8 Å². The molecule has 1 heterocycles. The lowest BCUT2D eigenvalue weighted by molar-refractivity contribution is -0.124. The lowest BCUT2D eigenvalue weighted by Gasteiger charge is -2.41. The molecule has 0 spiro atoms. The van der Waals surface area contributed by atoms with Crippen LogP contribution in [0, 0.1) is 5.82 Å². The monoisotopic (exact) mass is 448 g/mol. The number of hydrogen-bond acceptors (Lipinski definition) is 4. The molecule has 0 aliphatic carbocycles. The zero-order valence-electron chi connectivity index (χ0n) is 19.0. The number of ether oxygens (including phenoxy) is 2. The number of methoxy groups -OCH3 is 2. The number of benzene rings is 3. The Labute approximate surface area is 193 Å². The van der Waals surface area contributed by atoms with Crippen LogP contribution in [-0.4, -0.2) is 31.6 Å². The van der Waals surface area contributed by atoms with Crippen LogP contribution in [0.15, 0.2) is 66.7 Å². The average Bonchev–Trinajstić information content (AvgIpc) is 2.84. The largest absolute Gasteiger partial charge is 0.493 e. The van der Waals surface area contributed by atoms with E-state index in [1.54, 1.807) is 26.4 Å². The predicted molar refractivity (Wildman–Crippen MR) is 126 cm³/mol. The fraction of sp³-hybridized carbons (Fsp3) is 0.296. The van der Waals surface area contributed by atoms with Gasteiger partial charge >= 0.3 is 0 Å². The Morgan fingerprint density at radius 2 is 1.73 bits per heavy atom. The second-order valence-electron chi connectivity index (χ2n) is 8.29. The molecule has 0 fully saturated rings. The third kappa shape index (κ3) is 4.86. The number of carbonyl (C=O) groups excluding carboxylic acids is 1. The molecule has 6 heteroatoms. The number of primary amides is 1. The van der Waals surface area contributed by atoms with Crippen molar-refractivity contribution in [3.63, 3.8) is 0 Å². The molecule has 3 aromatic carbocycles. The summed E-state index contributed by atoms with van der Waals surface area (Å²) < 4.78 is 24.5. The third-order valence-electron chi connectivity index (χ3n) is 6.38. The van der Waals surface area contributed by atoms with Gasteiger partial charge in [0.05, 0.1) is 14.2 Å². The standard InChI is InChI=1S/C27H29FN2O3/c1-32-24-16-20-14-15-30(26(27(29)31)19-6-4-3-5-7-19)23(22(20)17-25(24)33-2)13-10-18-8-11-21(28)12-9-18/h3-9,11-12,16-17,23,26H,10,13-15H2,1-2H3,(H2,29,31). The van der Waals surface area contributed by atoms with Crippen molar-refractivity contribution in [1.82, 2.24) is 4.90 Å². The van der Waals surface area contributed by atoms with Crippen molar-refractivity contribution < 1.29 is 18.7 Å². The number of halogens is 1. The summed E-state index contributed by atoms with van der Waals surface area (Å²) in [6, 6.07) is 19.6. The van der Waals surface area contributed by atoms with E-state index in [0.29, 0.717) is 18.0 Å². The van der Waals surface area contributed by atoms with Crippen LogP contribution in [0.25, 0.3) is 0 Å². The maximum absolute atomic E-state index is 13.4. The highest BCUT2D eigenvalue weighted by atomic mass is 19.1. The van der Waals surface area contributed by atoms with Crippen molar-refractivity contribution in [3.05, 3.63) is 94.8 Å². The first-order valence-electron chi connectivity index (χ1n) is 11.1. The Kier molecular flexibility index (Phi) is 6.94. The molecule has 2 N–H and O–H groups in total. The number of amides is 1. The number of aryl methyl sites for hydroxylation is 1.